The van der Waals surface area contributed by atoms with Gasteiger partial charge in [-0.2, -0.15) is 0 Å². The zero-order valence-electron chi connectivity index (χ0n) is 12.3. The first-order chi connectivity index (χ1) is 9.94. The first kappa shape index (κ1) is 18.0. The molecule has 0 saturated carbocycles. The van der Waals surface area contributed by atoms with Crippen LogP contribution in [0.5, 0.6) is 0 Å². The second-order valence-electron chi connectivity index (χ2n) is 4.45. The zero-order valence-corrected chi connectivity index (χ0v) is 13.2. The Morgan fingerprint density at radius 1 is 1.33 bits per heavy atom. The smallest absolute Gasteiger partial charge is 0.241 e. The third-order valence-corrected chi connectivity index (χ3v) is 4.38. The van der Waals surface area contributed by atoms with Gasteiger partial charge in [-0.3, -0.25) is 0 Å². The average Bonchev–Trinajstić information content (AvgIpc) is 2.45. The molecule has 21 heavy (non-hydrogen) atoms. The van der Waals surface area contributed by atoms with Gasteiger partial charge in [0.15, 0.2) is 0 Å². The van der Waals surface area contributed by atoms with Gasteiger partial charge in [-0.05, 0) is 24.7 Å². The van der Waals surface area contributed by atoms with Crippen molar-refractivity contribution in [2.24, 2.45) is 0 Å². The van der Waals surface area contributed by atoms with Crippen LogP contribution in [-0.2, 0) is 26.0 Å². The standard InChI is InChI=1S/C13H21FN2O4S/c1-15-7-10-4-5-11(14)6-13(10)21(17,18)16-8-12(20-3)9-19-2/h4-6,12,15-16H,7-9H2,1-3H3. The van der Waals surface area contributed by atoms with Crippen molar-refractivity contribution >= 4 is 10.0 Å². The van der Waals surface area contributed by atoms with Gasteiger partial charge in [-0.25, -0.2) is 17.5 Å². The van der Waals surface area contributed by atoms with Gasteiger partial charge >= 0.3 is 0 Å². The van der Waals surface area contributed by atoms with Gasteiger partial charge in [0.25, 0.3) is 0 Å². The molecule has 0 amide bonds. The Hall–Kier alpha value is -1.06. The highest BCUT2D eigenvalue weighted by molar-refractivity contribution is 7.89. The molecule has 0 spiro atoms. The fourth-order valence-electron chi connectivity index (χ4n) is 1.79. The highest BCUT2D eigenvalue weighted by Gasteiger charge is 2.20. The van der Waals surface area contributed by atoms with Crippen LogP contribution >= 0.6 is 0 Å². The SMILES string of the molecule is CNCc1ccc(F)cc1S(=O)(=O)NCC(COC)OC. The van der Waals surface area contributed by atoms with E-state index in [0.717, 1.165) is 6.07 Å². The second-order valence-corrected chi connectivity index (χ2v) is 6.18. The predicted octanol–water partition coefficient (Wildman–Crippen LogP) is 0.485. The van der Waals surface area contributed by atoms with E-state index in [1.807, 2.05) is 0 Å². The van der Waals surface area contributed by atoms with Crippen LogP contribution in [0.3, 0.4) is 0 Å². The molecule has 1 unspecified atom stereocenters. The molecule has 1 rings (SSSR count). The summed E-state index contributed by atoms with van der Waals surface area (Å²) in [4.78, 5) is -0.0795. The summed E-state index contributed by atoms with van der Waals surface area (Å²) in [6.45, 7) is 0.621. The Labute approximate surface area is 124 Å². The fourth-order valence-corrected chi connectivity index (χ4v) is 3.11. The summed E-state index contributed by atoms with van der Waals surface area (Å²) in [6, 6.07) is 3.69. The van der Waals surface area contributed by atoms with Crippen molar-refractivity contribution in [2.75, 3.05) is 34.4 Å². The minimum absolute atomic E-state index is 0.0438. The van der Waals surface area contributed by atoms with Gasteiger partial charge in [0.05, 0.1) is 17.6 Å². The molecule has 120 valence electrons. The number of hydrogen-bond acceptors (Lipinski definition) is 5. The molecule has 0 aliphatic carbocycles. The first-order valence-electron chi connectivity index (χ1n) is 6.39. The zero-order chi connectivity index (χ0) is 15.9. The van der Waals surface area contributed by atoms with Crippen LogP contribution in [0.1, 0.15) is 5.56 Å². The first-order valence-corrected chi connectivity index (χ1v) is 7.87. The van der Waals surface area contributed by atoms with Crippen molar-refractivity contribution in [3.63, 3.8) is 0 Å². The van der Waals surface area contributed by atoms with Gasteiger partial charge in [-0.15, -0.1) is 0 Å². The summed E-state index contributed by atoms with van der Waals surface area (Å²) >= 11 is 0. The molecule has 8 heteroatoms. The number of sulfonamides is 1. The molecule has 0 aliphatic rings. The summed E-state index contributed by atoms with van der Waals surface area (Å²) in [5.74, 6) is -0.601. The number of ether oxygens (including phenoxy) is 2. The maximum absolute atomic E-state index is 13.3. The van der Waals surface area contributed by atoms with E-state index in [1.165, 1.54) is 26.4 Å². The molecule has 6 nitrogen and oxygen atoms in total. The predicted molar refractivity (Wildman–Crippen MR) is 77.0 cm³/mol. The maximum Gasteiger partial charge on any atom is 0.241 e. The number of benzene rings is 1. The van der Waals surface area contributed by atoms with E-state index in [-0.39, 0.29) is 18.0 Å². The van der Waals surface area contributed by atoms with Crippen LogP contribution in [0.2, 0.25) is 0 Å². The molecule has 1 aromatic carbocycles. The lowest BCUT2D eigenvalue weighted by molar-refractivity contribution is 0.0320. The van der Waals surface area contributed by atoms with E-state index >= 15 is 0 Å². The van der Waals surface area contributed by atoms with E-state index < -0.39 is 21.9 Å². The van der Waals surface area contributed by atoms with Crippen LogP contribution in [0.25, 0.3) is 0 Å². The molecular weight excluding hydrogens is 299 g/mol. The second kappa shape index (κ2) is 8.40. The van der Waals surface area contributed by atoms with Gasteiger partial charge < -0.3 is 14.8 Å². The van der Waals surface area contributed by atoms with Crippen LogP contribution in [0.4, 0.5) is 4.39 Å². The molecule has 0 saturated heterocycles. The Kier molecular flexibility index (Phi) is 7.20. The molecule has 0 aliphatic heterocycles. The largest absolute Gasteiger partial charge is 0.382 e. The normalized spacial score (nSPS) is 13.3. The molecule has 0 bridgehead atoms. The van der Waals surface area contributed by atoms with Crippen molar-refractivity contribution in [3.05, 3.63) is 29.6 Å². The lowest BCUT2D eigenvalue weighted by atomic mass is 10.2. The molecule has 2 N–H and O–H groups in total. The van der Waals surface area contributed by atoms with E-state index in [1.54, 1.807) is 7.05 Å². The molecule has 0 radical (unpaired) electrons. The van der Waals surface area contributed by atoms with Crippen LogP contribution in [0, 0.1) is 5.82 Å². The van der Waals surface area contributed by atoms with E-state index in [2.05, 4.69) is 10.0 Å². The lowest BCUT2D eigenvalue weighted by Crippen LogP contribution is -2.36. The van der Waals surface area contributed by atoms with Crippen molar-refractivity contribution < 1.29 is 22.3 Å². The minimum Gasteiger partial charge on any atom is -0.382 e. The Morgan fingerprint density at radius 3 is 2.62 bits per heavy atom. The summed E-state index contributed by atoms with van der Waals surface area (Å²) in [7, 11) is 0.826. The summed E-state index contributed by atoms with van der Waals surface area (Å²) < 4.78 is 50.4. The summed E-state index contributed by atoms with van der Waals surface area (Å²) in [5.41, 5.74) is 0.493. The topological polar surface area (TPSA) is 76.7 Å². The third-order valence-electron chi connectivity index (χ3n) is 2.87. The van der Waals surface area contributed by atoms with Crippen LogP contribution in [0.15, 0.2) is 23.1 Å². The number of nitrogens with one attached hydrogen (secondary N) is 2. The van der Waals surface area contributed by atoms with Crippen molar-refractivity contribution in [1.82, 2.24) is 10.0 Å². The van der Waals surface area contributed by atoms with Crippen molar-refractivity contribution in [2.45, 2.75) is 17.5 Å². The average molecular weight is 320 g/mol. The monoisotopic (exact) mass is 320 g/mol. The van der Waals surface area contributed by atoms with E-state index in [9.17, 15) is 12.8 Å². The van der Waals surface area contributed by atoms with Crippen molar-refractivity contribution in [1.29, 1.82) is 0 Å². The molecule has 0 heterocycles. The third kappa shape index (κ3) is 5.33. The number of rotatable bonds is 9. The van der Waals surface area contributed by atoms with Crippen LogP contribution < -0.4 is 10.0 Å². The fraction of sp³-hybridized carbons (Fsp3) is 0.538. The quantitative estimate of drug-likeness (QED) is 0.692. The molecule has 1 atom stereocenters. The van der Waals surface area contributed by atoms with E-state index in [4.69, 9.17) is 9.47 Å². The lowest BCUT2D eigenvalue weighted by Gasteiger charge is -2.16. The van der Waals surface area contributed by atoms with Gasteiger partial charge in [0.1, 0.15) is 5.82 Å². The highest BCUT2D eigenvalue weighted by Crippen LogP contribution is 2.17. The summed E-state index contributed by atoms with van der Waals surface area (Å²) in [5, 5.41) is 2.85. The molecule has 0 fully saturated rings. The van der Waals surface area contributed by atoms with Crippen molar-refractivity contribution in [3.8, 4) is 0 Å². The molecule has 0 aromatic heterocycles. The van der Waals surface area contributed by atoms with E-state index in [0.29, 0.717) is 12.1 Å². The Balaban J connectivity index is 2.94. The number of hydrogen-bond donors (Lipinski definition) is 2. The maximum atomic E-state index is 13.3. The number of methoxy groups -OCH3 is 2. The van der Waals surface area contributed by atoms with Gasteiger partial charge in [-0.1, -0.05) is 6.07 Å². The molecule has 1 aromatic rings. The van der Waals surface area contributed by atoms with Gasteiger partial charge in [0, 0.05) is 27.3 Å². The highest BCUT2D eigenvalue weighted by atomic mass is 32.2. The van der Waals surface area contributed by atoms with Crippen LogP contribution in [-0.4, -0.2) is 48.9 Å². The minimum atomic E-state index is -3.82. The number of halogens is 1. The van der Waals surface area contributed by atoms with Gasteiger partial charge in [0.2, 0.25) is 10.0 Å². The Bertz CT molecular complexity index is 551. The molecular formula is C13H21FN2O4S. The summed E-state index contributed by atoms with van der Waals surface area (Å²) in [6.07, 6.45) is -0.411. The Morgan fingerprint density at radius 2 is 2.05 bits per heavy atom.